The van der Waals surface area contributed by atoms with Crippen molar-refractivity contribution in [2.24, 2.45) is 4.40 Å². The first-order valence-corrected chi connectivity index (χ1v) is 9.37. The molecule has 11 heteroatoms. The first-order chi connectivity index (χ1) is 11.5. The third-order valence-electron chi connectivity index (χ3n) is 4.34. The fourth-order valence-corrected chi connectivity index (χ4v) is 3.94. The highest BCUT2D eigenvalue weighted by Crippen LogP contribution is 2.26. The van der Waals surface area contributed by atoms with Crippen LogP contribution < -0.4 is 5.32 Å². The van der Waals surface area contributed by atoms with Crippen LogP contribution in [0.1, 0.15) is 17.8 Å². The number of nitrogens with zero attached hydrogens (tertiary/aromatic N) is 5. The van der Waals surface area contributed by atoms with Crippen molar-refractivity contribution < 1.29 is 12.9 Å². The summed E-state index contributed by atoms with van der Waals surface area (Å²) in [6.07, 6.45) is 5.37. The van der Waals surface area contributed by atoms with Crippen LogP contribution >= 0.6 is 12.4 Å². The number of halogens is 1. The summed E-state index contributed by atoms with van der Waals surface area (Å²) in [6, 6.07) is 0.0316. The number of hydrogen-bond donors (Lipinski definition) is 1. The van der Waals surface area contributed by atoms with Crippen LogP contribution in [0.4, 0.5) is 0 Å². The number of sulfonamides is 1. The molecular formula is C14H19ClN6O3S. The molecule has 4 rings (SSSR count). The van der Waals surface area contributed by atoms with E-state index in [1.54, 1.807) is 17.2 Å². The fraction of sp³-hybridized carbons (Fsp3) is 0.500. The summed E-state index contributed by atoms with van der Waals surface area (Å²) in [4.78, 5) is 8.43. The molecule has 0 aliphatic carbocycles. The lowest BCUT2D eigenvalue weighted by Gasteiger charge is -2.30. The highest BCUT2D eigenvalue weighted by molar-refractivity contribution is 7.90. The lowest BCUT2D eigenvalue weighted by molar-refractivity contribution is 0.190. The van der Waals surface area contributed by atoms with Gasteiger partial charge in [0, 0.05) is 32.4 Å². The average Bonchev–Trinajstić information content (AvgIpc) is 3.03. The number of piperazine rings is 1. The summed E-state index contributed by atoms with van der Waals surface area (Å²) < 4.78 is 32.9. The molecule has 4 heterocycles. The SMILES string of the molecule is CN1CCNCC1c1noc(C2=CC=CN3CCS(=O)(=O)N=C23)n1.Cl. The largest absolute Gasteiger partial charge is 0.334 e. The van der Waals surface area contributed by atoms with Crippen molar-refractivity contribution in [3.05, 3.63) is 30.1 Å². The molecule has 9 nitrogen and oxygen atoms in total. The van der Waals surface area contributed by atoms with Gasteiger partial charge in [-0.2, -0.15) is 4.98 Å². The Hall–Kier alpha value is -1.75. The van der Waals surface area contributed by atoms with Crippen molar-refractivity contribution in [3.63, 3.8) is 0 Å². The maximum absolute atomic E-state index is 11.8. The molecule has 1 saturated heterocycles. The van der Waals surface area contributed by atoms with Crippen LogP contribution in [-0.4, -0.2) is 73.2 Å². The lowest BCUT2D eigenvalue weighted by Crippen LogP contribution is -2.44. The second-order valence-corrected chi connectivity index (χ2v) is 7.73. The van der Waals surface area contributed by atoms with E-state index >= 15 is 0 Å². The maximum atomic E-state index is 11.8. The predicted molar refractivity (Wildman–Crippen MR) is 94.8 cm³/mol. The van der Waals surface area contributed by atoms with E-state index in [2.05, 4.69) is 24.8 Å². The molecule has 1 N–H and O–H groups in total. The van der Waals surface area contributed by atoms with Gasteiger partial charge in [-0.15, -0.1) is 16.8 Å². The third-order valence-corrected chi connectivity index (χ3v) is 5.49. The minimum atomic E-state index is -3.45. The highest BCUT2D eigenvalue weighted by atomic mass is 35.5. The van der Waals surface area contributed by atoms with Crippen LogP contribution in [0.25, 0.3) is 5.57 Å². The molecule has 1 atom stereocenters. The zero-order valence-corrected chi connectivity index (χ0v) is 15.3. The van der Waals surface area contributed by atoms with E-state index in [1.165, 1.54) is 0 Å². The van der Waals surface area contributed by atoms with E-state index in [4.69, 9.17) is 4.52 Å². The number of fused-ring (bicyclic) bond motifs is 1. The zero-order valence-electron chi connectivity index (χ0n) is 13.6. The summed E-state index contributed by atoms with van der Waals surface area (Å²) >= 11 is 0. The normalized spacial score (nSPS) is 25.6. The Morgan fingerprint density at radius 2 is 2.20 bits per heavy atom. The Morgan fingerprint density at radius 1 is 1.36 bits per heavy atom. The van der Waals surface area contributed by atoms with Crippen molar-refractivity contribution in [1.29, 1.82) is 0 Å². The molecule has 0 radical (unpaired) electrons. The van der Waals surface area contributed by atoms with Gasteiger partial charge in [0.15, 0.2) is 11.7 Å². The summed E-state index contributed by atoms with van der Waals surface area (Å²) in [7, 11) is -1.44. The Balaban J connectivity index is 0.00000182. The average molecular weight is 387 g/mol. The number of hydrogen-bond acceptors (Lipinski definition) is 8. The summed E-state index contributed by atoms with van der Waals surface area (Å²) in [5.74, 6) is 1.21. The number of nitrogens with one attached hydrogen (secondary N) is 1. The Labute approximate surface area is 151 Å². The molecular weight excluding hydrogens is 368 g/mol. The minimum Gasteiger partial charge on any atom is -0.334 e. The van der Waals surface area contributed by atoms with Crippen molar-refractivity contribution in [3.8, 4) is 0 Å². The van der Waals surface area contributed by atoms with E-state index < -0.39 is 10.0 Å². The predicted octanol–water partition coefficient (Wildman–Crippen LogP) is 0.0221. The first-order valence-electron chi connectivity index (χ1n) is 7.76. The molecule has 3 aliphatic heterocycles. The smallest absolute Gasteiger partial charge is 0.261 e. The van der Waals surface area contributed by atoms with Gasteiger partial charge in [-0.05, 0) is 19.2 Å². The Kier molecular flexibility index (Phi) is 4.96. The monoisotopic (exact) mass is 386 g/mol. The second kappa shape index (κ2) is 6.87. The summed E-state index contributed by atoms with van der Waals surface area (Å²) in [6.45, 7) is 2.94. The van der Waals surface area contributed by atoms with Crippen LogP contribution in [0.2, 0.25) is 0 Å². The van der Waals surface area contributed by atoms with Crippen molar-refractivity contribution in [2.75, 3.05) is 39.0 Å². The Morgan fingerprint density at radius 3 is 3.00 bits per heavy atom. The molecule has 3 aliphatic rings. The molecule has 0 spiro atoms. The van der Waals surface area contributed by atoms with E-state index in [1.807, 2.05) is 13.1 Å². The zero-order chi connectivity index (χ0) is 16.7. The van der Waals surface area contributed by atoms with Crippen LogP contribution in [0.15, 0.2) is 27.3 Å². The van der Waals surface area contributed by atoms with Gasteiger partial charge in [0.1, 0.15) is 0 Å². The van der Waals surface area contributed by atoms with Gasteiger partial charge in [0.05, 0.1) is 17.4 Å². The third kappa shape index (κ3) is 3.47. The molecule has 0 amide bonds. The molecule has 0 aromatic carbocycles. The summed E-state index contributed by atoms with van der Waals surface area (Å²) in [5.41, 5.74) is 0.533. The standard InChI is InChI=1S/C14H18N6O3S.ClH/c1-19-6-4-15-9-11(19)12-16-14(23-17-12)10-3-2-5-20-7-8-24(21,22)18-13(10)20;/h2-3,5,11,15H,4,6-9H2,1H3;1H. The van der Waals surface area contributed by atoms with Crippen LogP contribution in [0, 0.1) is 0 Å². The molecule has 1 aromatic rings. The van der Waals surface area contributed by atoms with Gasteiger partial charge in [-0.25, -0.2) is 8.42 Å². The van der Waals surface area contributed by atoms with E-state index in [-0.39, 0.29) is 30.1 Å². The van der Waals surface area contributed by atoms with Gasteiger partial charge in [0.2, 0.25) is 0 Å². The first kappa shape index (κ1) is 18.1. The molecule has 1 aromatic heterocycles. The molecule has 0 saturated carbocycles. The number of likely N-dealkylation sites (N-methyl/N-ethyl adjacent to an activating group) is 1. The number of amidine groups is 1. The topological polar surface area (TPSA) is 104 Å². The van der Waals surface area contributed by atoms with E-state index in [0.717, 1.165) is 19.6 Å². The van der Waals surface area contributed by atoms with Gasteiger partial charge in [0.25, 0.3) is 15.9 Å². The van der Waals surface area contributed by atoms with Gasteiger partial charge in [-0.1, -0.05) is 5.16 Å². The minimum absolute atomic E-state index is 0. The van der Waals surface area contributed by atoms with Crippen molar-refractivity contribution >= 4 is 33.8 Å². The number of rotatable bonds is 2. The van der Waals surface area contributed by atoms with Gasteiger partial charge >= 0.3 is 0 Å². The molecule has 0 bridgehead atoms. The lowest BCUT2D eigenvalue weighted by atomic mass is 10.1. The number of aromatic nitrogens is 2. The molecule has 136 valence electrons. The fourth-order valence-electron chi connectivity index (χ4n) is 2.96. The summed E-state index contributed by atoms with van der Waals surface area (Å²) in [5, 5.41) is 7.39. The van der Waals surface area contributed by atoms with Gasteiger partial charge < -0.3 is 14.7 Å². The number of allylic oxidation sites excluding steroid dienone is 2. The van der Waals surface area contributed by atoms with Gasteiger partial charge in [-0.3, -0.25) is 4.90 Å². The molecule has 25 heavy (non-hydrogen) atoms. The van der Waals surface area contributed by atoms with Crippen molar-refractivity contribution in [1.82, 2.24) is 25.3 Å². The maximum Gasteiger partial charge on any atom is 0.261 e. The molecule has 1 unspecified atom stereocenters. The van der Waals surface area contributed by atoms with E-state index in [0.29, 0.717) is 23.8 Å². The highest BCUT2D eigenvalue weighted by Gasteiger charge is 2.31. The van der Waals surface area contributed by atoms with E-state index in [9.17, 15) is 8.42 Å². The van der Waals surface area contributed by atoms with Crippen LogP contribution in [0.5, 0.6) is 0 Å². The van der Waals surface area contributed by atoms with Crippen LogP contribution in [0.3, 0.4) is 0 Å². The quantitative estimate of drug-likeness (QED) is 0.758. The van der Waals surface area contributed by atoms with Crippen LogP contribution in [-0.2, 0) is 10.0 Å². The van der Waals surface area contributed by atoms with Crippen molar-refractivity contribution in [2.45, 2.75) is 6.04 Å². The Bertz CT molecular complexity index is 847. The molecule has 1 fully saturated rings. The second-order valence-electron chi connectivity index (χ2n) is 5.97.